The summed E-state index contributed by atoms with van der Waals surface area (Å²) in [5, 5.41) is 7.36. The van der Waals surface area contributed by atoms with Gasteiger partial charge in [-0.3, -0.25) is 0 Å². The Labute approximate surface area is 138 Å². The van der Waals surface area contributed by atoms with Crippen LogP contribution in [0.1, 0.15) is 44.9 Å². The molecule has 0 amide bonds. The molecular weight excluding hydrogens is 296 g/mol. The van der Waals surface area contributed by atoms with Gasteiger partial charge in [0.05, 0.1) is 14.2 Å². The molecule has 1 aromatic rings. The molecule has 0 aromatic heterocycles. The van der Waals surface area contributed by atoms with Crippen LogP contribution >= 0.6 is 12.2 Å². The van der Waals surface area contributed by atoms with Gasteiger partial charge in [0.25, 0.3) is 0 Å². The van der Waals surface area contributed by atoms with Gasteiger partial charge in [0, 0.05) is 17.8 Å². The number of hydrogen-bond acceptors (Lipinski definition) is 3. The molecule has 22 heavy (non-hydrogen) atoms. The maximum atomic E-state index is 5.44. The molecule has 0 atom stereocenters. The number of anilines is 1. The van der Waals surface area contributed by atoms with Crippen molar-refractivity contribution in [3.05, 3.63) is 18.2 Å². The third kappa shape index (κ3) is 5.05. The number of hydrogen-bond donors (Lipinski definition) is 2. The second-order valence-electron chi connectivity index (χ2n) is 5.71. The SMILES string of the molecule is COc1ccc(NC(=S)NC2CCCCCCC2)cc1OC. The third-order valence-electron chi connectivity index (χ3n) is 4.08. The molecule has 122 valence electrons. The molecule has 1 aliphatic carbocycles. The molecule has 0 unspecified atom stereocenters. The van der Waals surface area contributed by atoms with Crippen LogP contribution in [0.2, 0.25) is 0 Å². The zero-order valence-electron chi connectivity index (χ0n) is 13.5. The summed E-state index contributed by atoms with van der Waals surface area (Å²) in [7, 11) is 3.26. The van der Waals surface area contributed by atoms with Gasteiger partial charge in [-0.05, 0) is 37.2 Å². The number of ether oxygens (including phenoxy) is 2. The number of nitrogens with one attached hydrogen (secondary N) is 2. The highest BCUT2D eigenvalue weighted by atomic mass is 32.1. The molecule has 2 N–H and O–H groups in total. The smallest absolute Gasteiger partial charge is 0.170 e. The van der Waals surface area contributed by atoms with Gasteiger partial charge in [0.2, 0.25) is 0 Å². The topological polar surface area (TPSA) is 42.5 Å². The third-order valence-corrected chi connectivity index (χ3v) is 4.30. The Morgan fingerprint density at radius 2 is 1.64 bits per heavy atom. The van der Waals surface area contributed by atoms with E-state index in [1.54, 1.807) is 14.2 Å². The van der Waals surface area contributed by atoms with E-state index in [1.165, 1.54) is 44.9 Å². The van der Waals surface area contributed by atoms with E-state index in [0.717, 1.165) is 5.69 Å². The van der Waals surface area contributed by atoms with Crippen LogP contribution in [0.5, 0.6) is 11.5 Å². The molecule has 0 radical (unpaired) electrons. The number of benzene rings is 1. The van der Waals surface area contributed by atoms with Crippen LogP contribution in [0.25, 0.3) is 0 Å². The van der Waals surface area contributed by atoms with Gasteiger partial charge in [0.1, 0.15) is 0 Å². The lowest BCUT2D eigenvalue weighted by Crippen LogP contribution is -2.38. The molecule has 0 aliphatic heterocycles. The summed E-state index contributed by atoms with van der Waals surface area (Å²) >= 11 is 5.44. The first-order valence-corrected chi connectivity index (χ1v) is 8.43. The Kier molecular flexibility index (Phi) is 6.77. The molecule has 0 spiro atoms. The van der Waals surface area contributed by atoms with E-state index in [1.807, 2.05) is 18.2 Å². The van der Waals surface area contributed by atoms with Gasteiger partial charge in [-0.2, -0.15) is 0 Å². The minimum Gasteiger partial charge on any atom is -0.493 e. The fourth-order valence-electron chi connectivity index (χ4n) is 2.87. The highest BCUT2D eigenvalue weighted by Crippen LogP contribution is 2.29. The van der Waals surface area contributed by atoms with Crippen LogP contribution in [0.15, 0.2) is 18.2 Å². The standard InChI is InChI=1S/C17H26N2O2S/c1-20-15-11-10-14(12-16(15)21-2)19-17(22)18-13-8-6-4-3-5-7-9-13/h10-13H,3-9H2,1-2H3,(H2,18,19,22). The zero-order chi connectivity index (χ0) is 15.8. The predicted octanol–water partition coefficient (Wildman–Crippen LogP) is 4.10. The highest BCUT2D eigenvalue weighted by molar-refractivity contribution is 7.80. The van der Waals surface area contributed by atoms with Gasteiger partial charge in [-0.1, -0.05) is 32.1 Å². The maximum Gasteiger partial charge on any atom is 0.170 e. The lowest BCUT2D eigenvalue weighted by molar-refractivity contribution is 0.355. The fraction of sp³-hybridized carbons (Fsp3) is 0.588. The fourth-order valence-corrected chi connectivity index (χ4v) is 3.15. The van der Waals surface area contributed by atoms with Crippen molar-refractivity contribution in [1.82, 2.24) is 5.32 Å². The molecular formula is C17H26N2O2S. The molecule has 1 fully saturated rings. The first-order chi connectivity index (χ1) is 10.7. The second kappa shape index (κ2) is 8.83. The minimum absolute atomic E-state index is 0.487. The van der Waals surface area contributed by atoms with Gasteiger partial charge in [0.15, 0.2) is 16.6 Å². The number of methoxy groups -OCH3 is 2. The van der Waals surface area contributed by atoms with E-state index < -0.39 is 0 Å². The second-order valence-corrected chi connectivity index (χ2v) is 6.12. The molecule has 2 rings (SSSR count). The summed E-state index contributed by atoms with van der Waals surface area (Å²) in [6.07, 6.45) is 9.04. The van der Waals surface area contributed by atoms with Crippen molar-refractivity contribution in [3.8, 4) is 11.5 Å². The first-order valence-electron chi connectivity index (χ1n) is 8.02. The van der Waals surface area contributed by atoms with Crippen molar-refractivity contribution in [3.63, 3.8) is 0 Å². The van der Waals surface area contributed by atoms with Crippen LogP contribution in [0.3, 0.4) is 0 Å². The van der Waals surface area contributed by atoms with Crippen LogP contribution in [0.4, 0.5) is 5.69 Å². The Bertz CT molecular complexity index is 486. The van der Waals surface area contributed by atoms with Gasteiger partial charge >= 0.3 is 0 Å². The van der Waals surface area contributed by atoms with E-state index in [4.69, 9.17) is 21.7 Å². The van der Waals surface area contributed by atoms with Gasteiger partial charge < -0.3 is 20.1 Å². The Balaban J connectivity index is 1.90. The Morgan fingerprint density at radius 3 is 2.27 bits per heavy atom. The quantitative estimate of drug-likeness (QED) is 0.817. The first kappa shape index (κ1) is 16.9. The summed E-state index contributed by atoms with van der Waals surface area (Å²) in [6.45, 7) is 0. The number of thiocarbonyl (C=S) groups is 1. The van der Waals surface area contributed by atoms with E-state index in [9.17, 15) is 0 Å². The van der Waals surface area contributed by atoms with Crippen molar-refractivity contribution < 1.29 is 9.47 Å². The van der Waals surface area contributed by atoms with Crippen LogP contribution < -0.4 is 20.1 Å². The molecule has 1 saturated carbocycles. The Hall–Kier alpha value is -1.49. The van der Waals surface area contributed by atoms with Gasteiger partial charge in [-0.25, -0.2) is 0 Å². The average Bonchev–Trinajstić information content (AvgIpc) is 2.49. The van der Waals surface area contributed by atoms with Crippen LogP contribution in [-0.4, -0.2) is 25.4 Å². The van der Waals surface area contributed by atoms with Crippen molar-refractivity contribution in [2.45, 2.75) is 51.0 Å². The maximum absolute atomic E-state index is 5.44. The van der Waals surface area contributed by atoms with E-state index >= 15 is 0 Å². The monoisotopic (exact) mass is 322 g/mol. The van der Waals surface area contributed by atoms with E-state index in [0.29, 0.717) is 22.7 Å². The zero-order valence-corrected chi connectivity index (χ0v) is 14.3. The van der Waals surface area contributed by atoms with Crippen molar-refractivity contribution in [2.75, 3.05) is 19.5 Å². The predicted molar refractivity (Wildman–Crippen MR) is 95.0 cm³/mol. The van der Waals surface area contributed by atoms with E-state index in [-0.39, 0.29) is 0 Å². The summed E-state index contributed by atoms with van der Waals surface area (Å²) in [5.41, 5.74) is 0.904. The average molecular weight is 322 g/mol. The normalized spacial score (nSPS) is 16.3. The molecule has 0 bridgehead atoms. The Morgan fingerprint density at radius 1 is 1.00 bits per heavy atom. The van der Waals surface area contributed by atoms with Crippen LogP contribution in [0, 0.1) is 0 Å². The summed E-state index contributed by atoms with van der Waals surface area (Å²) < 4.78 is 10.6. The molecule has 0 heterocycles. The van der Waals surface area contributed by atoms with Crippen molar-refractivity contribution >= 4 is 23.0 Å². The highest BCUT2D eigenvalue weighted by Gasteiger charge is 2.13. The summed E-state index contributed by atoms with van der Waals surface area (Å²) in [4.78, 5) is 0. The lowest BCUT2D eigenvalue weighted by Gasteiger charge is -2.23. The van der Waals surface area contributed by atoms with E-state index in [2.05, 4.69) is 10.6 Å². The summed E-state index contributed by atoms with van der Waals surface area (Å²) in [6, 6.07) is 6.19. The summed E-state index contributed by atoms with van der Waals surface area (Å²) in [5.74, 6) is 1.41. The molecule has 5 heteroatoms. The largest absolute Gasteiger partial charge is 0.493 e. The van der Waals surface area contributed by atoms with Gasteiger partial charge in [-0.15, -0.1) is 0 Å². The minimum atomic E-state index is 0.487. The number of rotatable bonds is 4. The molecule has 1 aromatic carbocycles. The molecule has 4 nitrogen and oxygen atoms in total. The molecule has 0 saturated heterocycles. The van der Waals surface area contributed by atoms with Crippen molar-refractivity contribution in [2.24, 2.45) is 0 Å². The lowest BCUT2D eigenvalue weighted by atomic mass is 9.97. The van der Waals surface area contributed by atoms with Crippen LogP contribution in [-0.2, 0) is 0 Å². The molecule has 1 aliphatic rings. The van der Waals surface area contributed by atoms with Crippen molar-refractivity contribution in [1.29, 1.82) is 0 Å².